The molecule has 1 saturated carbocycles. The summed E-state index contributed by atoms with van der Waals surface area (Å²) in [5, 5.41) is 11.8. The van der Waals surface area contributed by atoms with Crippen molar-refractivity contribution < 1.29 is 14.7 Å². The lowest BCUT2D eigenvalue weighted by Gasteiger charge is -2.40. The van der Waals surface area contributed by atoms with Gasteiger partial charge in [0, 0.05) is 38.6 Å². The lowest BCUT2D eigenvalue weighted by molar-refractivity contribution is -0.147. The number of carboxylic acids is 1. The molecule has 2 fully saturated rings. The predicted octanol–water partition coefficient (Wildman–Crippen LogP) is 4.66. The number of anilines is 2. The van der Waals surface area contributed by atoms with Gasteiger partial charge < -0.3 is 20.7 Å². The van der Waals surface area contributed by atoms with E-state index >= 15 is 0 Å². The van der Waals surface area contributed by atoms with E-state index in [1.807, 2.05) is 25.1 Å². The fourth-order valence-electron chi connectivity index (χ4n) is 6.43. The molecule has 40 heavy (non-hydrogen) atoms. The maximum absolute atomic E-state index is 13.3. The van der Waals surface area contributed by atoms with Crippen molar-refractivity contribution in [1.82, 2.24) is 9.80 Å². The van der Waals surface area contributed by atoms with Crippen LogP contribution in [0.25, 0.3) is 0 Å². The summed E-state index contributed by atoms with van der Waals surface area (Å²) in [6, 6.07) is 10.4. The summed E-state index contributed by atoms with van der Waals surface area (Å²) < 4.78 is 0. The van der Waals surface area contributed by atoms with Crippen LogP contribution in [0.2, 0.25) is 0 Å². The van der Waals surface area contributed by atoms with E-state index in [0.717, 1.165) is 53.7 Å². The monoisotopic (exact) mass is 549 g/mol. The number of nitrogen functional groups attached to an aromatic ring is 1. The first-order chi connectivity index (χ1) is 18.6. The molecule has 8 nitrogen and oxygen atoms in total. The third-order valence-corrected chi connectivity index (χ3v) is 9.04. The quantitative estimate of drug-likeness (QED) is 0.249. The van der Waals surface area contributed by atoms with Crippen molar-refractivity contribution >= 4 is 23.3 Å². The van der Waals surface area contributed by atoms with E-state index in [-0.39, 0.29) is 11.3 Å². The van der Waals surface area contributed by atoms with Crippen molar-refractivity contribution in [2.75, 3.05) is 37.4 Å². The molecule has 0 radical (unpaired) electrons. The van der Waals surface area contributed by atoms with E-state index in [1.54, 1.807) is 20.9 Å². The molecule has 218 valence electrons. The second-order valence-electron chi connectivity index (χ2n) is 13.4. The number of hydrogen-bond donors (Lipinski definition) is 3. The molecule has 2 aliphatic rings. The first-order valence-corrected chi connectivity index (χ1v) is 14.3. The van der Waals surface area contributed by atoms with Gasteiger partial charge in [-0.05, 0) is 86.3 Å². The van der Waals surface area contributed by atoms with Crippen LogP contribution in [0.1, 0.15) is 80.7 Å². The highest BCUT2D eigenvalue weighted by atomic mass is 16.4. The van der Waals surface area contributed by atoms with Crippen LogP contribution in [-0.2, 0) is 16.1 Å². The van der Waals surface area contributed by atoms with Crippen molar-refractivity contribution in [2.24, 2.45) is 16.7 Å². The minimum absolute atomic E-state index is 0.0202. The summed E-state index contributed by atoms with van der Waals surface area (Å²) in [7, 11) is 1.73. The van der Waals surface area contributed by atoms with E-state index < -0.39 is 17.3 Å². The van der Waals surface area contributed by atoms with Gasteiger partial charge in [0.25, 0.3) is 0 Å². The molecule has 1 aliphatic heterocycles. The minimum Gasteiger partial charge on any atom is -0.481 e. The van der Waals surface area contributed by atoms with Crippen molar-refractivity contribution in [3.63, 3.8) is 0 Å². The van der Waals surface area contributed by atoms with Gasteiger partial charge in [0.15, 0.2) is 0 Å². The van der Waals surface area contributed by atoms with Gasteiger partial charge >= 0.3 is 5.97 Å². The van der Waals surface area contributed by atoms with E-state index in [2.05, 4.69) is 42.7 Å². The van der Waals surface area contributed by atoms with Crippen LogP contribution in [0, 0.1) is 24.7 Å². The zero-order valence-corrected chi connectivity index (χ0v) is 25.3. The average molecular weight is 550 g/mol. The first kappa shape index (κ1) is 29.9. The second-order valence-corrected chi connectivity index (χ2v) is 13.4. The first-order valence-electron chi connectivity index (χ1n) is 14.3. The number of hydrazine groups is 1. The number of benzene rings is 2. The zero-order chi connectivity index (χ0) is 29.6. The van der Waals surface area contributed by atoms with Crippen LogP contribution in [0.4, 0.5) is 11.4 Å². The normalized spacial score (nSPS) is 19.2. The summed E-state index contributed by atoms with van der Waals surface area (Å²) in [6.07, 6.45) is 3.42. The highest BCUT2D eigenvalue weighted by Crippen LogP contribution is 2.45. The number of rotatable bonds is 8. The Morgan fingerprint density at radius 1 is 1.18 bits per heavy atom. The Morgan fingerprint density at radius 3 is 2.42 bits per heavy atom. The number of carbonyl (C=O) groups excluding carboxylic acids is 1. The Balaban J connectivity index is 1.72. The van der Waals surface area contributed by atoms with Gasteiger partial charge in [-0.15, -0.1) is 0 Å². The molecule has 1 aliphatic carbocycles. The molecule has 5 N–H and O–H groups in total. The van der Waals surface area contributed by atoms with E-state index in [4.69, 9.17) is 11.6 Å². The number of hydrogen-bond acceptors (Lipinski definition) is 6. The molecule has 2 aromatic rings. The third-order valence-electron chi connectivity index (χ3n) is 9.04. The Labute approximate surface area is 239 Å². The lowest BCUT2D eigenvalue weighted by atomic mass is 9.69. The molecular formula is C32H47N5O3. The van der Waals surface area contributed by atoms with Crippen LogP contribution >= 0.6 is 0 Å². The Hall–Kier alpha value is -3.10. The van der Waals surface area contributed by atoms with Gasteiger partial charge in [0.05, 0.1) is 23.3 Å². The molecule has 1 atom stereocenters. The minimum atomic E-state index is -1.11. The van der Waals surface area contributed by atoms with Gasteiger partial charge in [-0.3, -0.25) is 14.5 Å². The lowest BCUT2D eigenvalue weighted by Crippen LogP contribution is -2.48. The zero-order valence-electron chi connectivity index (χ0n) is 25.3. The summed E-state index contributed by atoms with van der Waals surface area (Å²) >= 11 is 0. The largest absolute Gasteiger partial charge is 0.481 e. The Bertz CT molecular complexity index is 1280. The summed E-state index contributed by atoms with van der Waals surface area (Å²) in [6.45, 7) is 14.7. The van der Waals surface area contributed by atoms with Crippen LogP contribution in [0.15, 0.2) is 30.3 Å². The maximum Gasteiger partial charge on any atom is 0.310 e. The third kappa shape index (κ3) is 5.84. The summed E-state index contributed by atoms with van der Waals surface area (Å²) in [5.41, 5.74) is 11.4. The van der Waals surface area contributed by atoms with Crippen LogP contribution in [0.5, 0.6) is 0 Å². The molecule has 8 heteroatoms. The summed E-state index contributed by atoms with van der Waals surface area (Å²) in [4.78, 5) is 30.3. The average Bonchev–Trinajstić information content (AvgIpc) is 2.92. The number of nitrogens with zero attached hydrogens (tertiary/aromatic N) is 3. The fraction of sp³-hybridized carbons (Fsp3) is 0.562. The fourth-order valence-corrected chi connectivity index (χ4v) is 6.43. The van der Waals surface area contributed by atoms with Crippen molar-refractivity contribution in [1.29, 1.82) is 0 Å². The molecular weight excluding hydrogens is 502 g/mol. The molecule has 4 rings (SSSR count). The Kier molecular flexibility index (Phi) is 8.25. The van der Waals surface area contributed by atoms with Crippen molar-refractivity contribution in [2.45, 2.75) is 79.3 Å². The standard InChI is InChI=1S/C32H47N5O3/c1-20-11-12-22(28(32(5,6)30(39)40)25-13-14-26(35(7)34)29(33)21(25)2)15-23(20)16-36-17-27(38)37(24-9-8-10-24)19-31(3,4)18-36/h11-15,24,28H,8-10,16-19,33-34H2,1-7H3,(H,39,40). The van der Waals surface area contributed by atoms with E-state index in [1.165, 1.54) is 11.4 Å². The van der Waals surface area contributed by atoms with Crippen LogP contribution in [-0.4, -0.2) is 59.5 Å². The molecule has 1 amide bonds. The van der Waals surface area contributed by atoms with E-state index in [0.29, 0.717) is 30.5 Å². The van der Waals surface area contributed by atoms with Crippen LogP contribution < -0.4 is 16.6 Å². The number of nitrogens with two attached hydrogens (primary N) is 2. The Morgan fingerprint density at radius 2 is 1.85 bits per heavy atom. The van der Waals surface area contributed by atoms with Gasteiger partial charge in [0.2, 0.25) is 5.91 Å². The number of amides is 1. The molecule has 1 unspecified atom stereocenters. The SMILES string of the molecule is Cc1ccc(C(c2ccc(N(C)N)c(N)c2C)C(C)(C)C(=O)O)cc1CN1CC(=O)N(C2CCC2)CC(C)(C)C1. The molecule has 0 aromatic heterocycles. The molecule has 0 spiro atoms. The summed E-state index contributed by atoms with van der Waals surface area (Å²) in [5.74, 6) is 4.87. The van der Waals surface area contributed by atoms with Gasteiger partial charge in [-0.2, -0.15) is 0 Å². The second kappa shape index (κ2) is 11.1. The van der Waals surface area contributed by atoms with E-state index in [9.17, 15) is 14.7 Å². The number of carboxylic acid groups (broad SMARTS) is 1. The van der Waals surface area contributed by atoms with Gasteiger partial charge in [-0.1, -0.05) is 38.1 Å². The number of aryl methyl sites for hydroxylation is 1. The van der Waals surface area contributed by atoms with Crippen molar-refractivity contribution in [3.8, 4) is 0 Å². The predicted molar refractivity (Wildman–Crippen MR) is 161 cm³/mol. The van der Waals surface area contributed by atoms with Crippen LogP contribution in [0.3, 0.4) is 0 Å². The van der Waals surface area contributed by atoms with Crippen molar-refractivity contribution in [3.05, 3.63) is 58.1 Å². The van der Waals surface area contributed by atoms with Gasteiger partial charge in [-0.25, -0.2) is 5.84 Å². The number of carbonyl (C=O) groups is 2. The maximum atomic E-state index is 13.3. The highest BCUT2D eigenvalue weighted by Gasteiger charge is 2.41. The molecule has 0 bridgehead atoms. The molecule has 1 saturated heterocycles. The highest BCUT2D eigenvalue weighted by molar-refractivity contribution is 5.79. The topological polar surface area (TPSA) is 116 Å². The molecule has 1 heterocycles. The van der Waals surface area contributed by atoms with Gasteiger partial charge in [0.1, 0.15) is 0 Å². The smallest absolute Gasteiger partial charge is 0.310 e. The number of aliphatic carboxylic acids is 1. The molecule has 2 aromatic carbocycles.